The van der Waals surface area contributed by atoms with Gasteiger partial charge < -0.3 is 17.7 Å². The van der Waals surface area contributed by atoms with Crippen LogP contribution >= 0.6 is 15.9 Å². The molecule has 15 heavy (non-hydrogen) atoms. The molecule has 1 aromatic carbocycles. The van der Waals surface area contributed by atoms with E-state index in [1.54, 1.807) is 0 Å². The van der Waals surface area contributed by atoms with Gasteiger partial charge in [-0.1, -0.05) is 28.1 Å². The van der Waals surface area contributed by atoms with Crippen molar-refractivity contribution in [2.45, 2.75) is 0 Å². The maximum absolute atomic E-state index is 12.4. The van der Waals surface area contributed by atoms with Crippen LogP contribution in [0, 0.1) is 0 Å². The minimum absolute atomic E-state index is 0.124. The lowest BCUT2D eigenvalue weighted by Gasteiger charge is -2.16. The van der Waals surface area contributed by atoms with Crippen molar-refractivity contribution in [1.82, 2.24) is 0 Å². The van der Waals surface area contributed by atoms with E-state index >= 15 is 0 Å². The van der Waals surface area contributed by atoms with E-state index in [4.69, 9.17) is 0 Å². The number of ether oxygens (including phenoxy) is 1. The standard InChI is InChI=1S/C8H6BBrF3O2/c1-15-8(14)5-2-6(9(11,12)13)4-7(10)3-5/h2-4H,1H3/q-1. The predicted molar refractivity (Wildman–Crippen MR) is 54.2 cm³/mol. The van der Waals surface area contributed by atoms with Gasteiger partial charge in [0.25, 0.3) is 0 Å². The molecule has 1 rings (SSSR count). The summed E-state index contributed by atoms with van der Waals surface area (Å²) in [7, 11) is 1.11. The van der Waals surface area contributed by atoms with Gasteiger partial charge in [-0.2, -0.15) is 0 Å². The van der Waals surface area contributed by atoms with E-state index in [0.717, 1.165) is 19.2 Å². The van der Waals surface area contributed by atoms with Crippen molar-refractivity contribution in [3.05, 3.63) is 28.2 Å². The molecule has 0 saturated heterocycles. The Labute approximate surface area is 92.6 Å². The number of benzene rings is 1. The van der Waals surface area contributed by atoms with Crippen molar-refractivity contribution in [1.29, 1.82) is 0 Å². The molecule has 82 valence electrons. The molecule has 0 fully saturated rings. The van der Waals surface area contributed by atoms with Gasteiger partial charge in [0.15, 0.2) is 0 Å². The Morgan fingerprint density at radius 3 is 2.40 bits per heavy atom. The van der Waals surface area contributed by atoms with Crippen molar-refractivity contribution in [3.8, 4) is 0 Å². The molecule has 0 spiro atoms. The second kappa shape index (κ2) is 4.26. The third-order valence-corrected chi connectivity index (χ3v) is 2.18. The molecule has 0 saturated carbocycles. The first-order valence-corrected chi connectivity index (χ1v) is 4.72. The van der Waals surface area contributed by atoms with Crippen LogP contribution in [0.25, 0.3) is 0 Å². The van der Waals surface area contributed by atoms with Gasteiger partial charge in [0, 0.05) is 4.47 Å². The highest BCUT2D eigenvalue weighted by molar-refractivity contribution is 9.10. The maximum Gasteiger partial charge on any atom is 0.509 e. The topological polar surface area (TPSA) is 26.3 Å². The number of carbonyl (C=O) groups is 1. The van der Waals surface area contributed by atoms with Crippen molar-refractivity contribution in [2.24, 2.45) is 0 Å². The Morgan fingerprint density at radius 2 is 1.93 bits per heavy atom. The van der Waals surface area contributed by atoms with Crippen LogP contribution in [0.5, 0.6) is 0 Å². The largest absolute Gasteiger partial charge is 0.509 e. The number of hydrogen-bond acceptors (Lipinski definition) is 2. The van der Waals surface area contributed by atoms with E-state index in [9.17, 15) is 17.7 Å². The highest BCUT2D eigenvalue weighted by Gasteiger charge is 2.26. The lowest BCUT2D eigenvalue weighted by molar-refractivity contribution is 0.0601. The maximum atomic E-state index is 12.4. The van der Waals surface area contributed by atoms with Gasteiger partial charge in [0.2, 0.25) is 0 Å². The number of hydrogen-bond donors (Lipinski definition) is 0. The van der Waals surface area contributed by atoms with E-state index in [-0.39, 0.29) is 10.0 Å². The zero-order valence-electron chi connectivity index (χ0n) is 7.64. The molecule has 0 heterocycles. The summed E-state index contributed by atoms with van der Waals surface area (Å²) in [4.78, 5) is 11.0. The van der Waals surface area contributed by atoms with E-state index in [1.165, 1.54) is 6.07 Å². The van der Waals surface area contributed by atoms with E-state index in [2.05, 4.69) is 20.7 Å². The highest BCUT2D eigenvalue weighted by atomic mass is 79.9. The van der Waals surface area contributed by atoms with Crippen LogP contribution in [0.2, 0.25) is 0 Å². The molecule has 0 bridgehead atoms. The second-order valence-electron chi connectivity index (χ2n) is 2.84. The summed E-state index contributed by atoms with van der Waals surface area (Å²) in [5.74, 6) is -0.794. The Balaban J connectivity index is 3.23. The fourth-order valence-corrected chi connectivity index (χ4v) is 1.55. The van der Waals surface area contributed by atoms with E-state index < -0.39 is 18.4 Å². The van der Waals surface area contributed by atoms with Crippen LogP contribution < -0.4 is 5.46 Å². The molecule has 0 aliphatic heterocycles. The number of carbonyl (C=O) groups excluding carboxylic acids is 1. The minimum Gasteiger partial charge on any atom is -0.465 e. The monoisotopic (exact) mass is 281 g/mol. The highest BCUT2D eigenvalue weighted by Crippen LogP contribution is 2.16. The SMILES string of the molecule is COC(=O)c1cc(Br)cc([B-](F)(F)F)c1. The normalized spacial score (nSPS) is 11.3. The first-order valence-electron chi connectivity index (χ1n) is 3.93. The first kappa shape index (κ1) is 12.1. The third kappa shape index (κ3) is 2.99. The van der Waals surface area contributed by atoms with Crippen LogP contribution in [0.15, 0.2) is 22.7 Å². The smallest absolute Gasteiger partial charge is 0.465 e. The molecular formula is C8H6BBrF3O2-. The molecule has 1 aromatic rings. The molecule has 0 unspecified atom stereocenters. The van der Waals surface area contributed by atoms with Gasteiger partial charge in [0.1, 0.15) is 0 Å². The summed E-state index contributed by atoms with van der Waals surface area (Å²) in [5.41, 5.74) is -0.953. The molecule has 0 aliphatic carbocycles. The molecule has 2 nitrogen and oxygen atoms in total. The van der Waals surface area contributed by atoms with Crippen molar-refractivity contribution >= 4 is 34.3 Å². The van der Waals surface area contributed by atoms with Gasteiger partial charge in [-0.25, -0.2) is 4.79 Å². The first-order chi connectivity index (χ1) is 6.84. The summed E-state index contributed by atoms with van der Waals surface area (Å²) < 4.78 is 41.7. The molecule has 0 atom stereocenters. The van der Waals surface area contributed by atoms with Crippen molar-refractivity contribution in [3.63, 3.8) is 0 Å². The van der Waals surface area contributed by atoms with Gasteiger partial charge >= 0.3 is 12.9 Å². The Kier molecular flexibility index (Phi) is 3.44. The van der Waals surface area contributed by atoms with Crippen LogP contribution in [-0.2, 0) is 4.74 Å². The average molecular weight is 282 g/mol. The second-order valence-corrected chi connectivity index (χ2v) is 3.76. The quantitative estimate of drug-likeness (QED) is 0.614. The molecule has 0 amide bonds. The Morgan fingerprint density at radius 1 is 1.33 bits per heavy atom. The Bertz CT molecular complexity index is 392. The van der Waals surface area contributed by atoms with Crippen LogP contribution in [0.4, 0.5) is 12.9 Å². The number of esters is 1. The fourth-order valence-electron chi connectivity index (χ4n) is 1.04. The number of rotatable bonds is 2. The lowest BCUT2D eigenvalue weighted by Crippen LogP contribution is -2.34. The summed E-state index contributed by atoms with van der Waals surface area (Å²) in [6.07, 6.45) is 0. The summed E-state index contributed by atoms with van der Waals surface area (Å²) in [5, 5.41) is 0. The average Bonchev–Trinajstić information content (AvgIpc) is 2.14. The summed E-state index contributed by atoms with van der Waals surface area (Å²) in [6, 6.07) is 2.97. The van der Waals surface area contributed by atoms with Gasteiger partial charge in [-0.3, -0.25) is 0 Å². The fraction of sp³-hybridized carbons (Fsp3) is 0.125. The zero-order valence-corrected chi connectivity index (χ0v) is 9.22. The van der Waals surface area contributed by atoms with Crippen LogP contribution in [-0.4, -0.2) is 20.1 Å². The van der Waals surface area contributed by atoms with Gasteiger partial charge in [-0.15, -0.1) is 5.46 Å². The molecule has 0 N–H and O–H groups in total. The van der Waals surface area contributed by atoms with Crippen molar-refractivity contribution < 1.29 is 22.5 Å². The van der Waals surface area contributed by atoms with Crippen molar-refractivity contribution in [2.75, 3.05) is 7.11 Å². The number of halogens is 4. The summed E-state index contributed by atoms with van der Waals surface area (Å²) in [6.45, 7) is -5.12. The zero-order chi connectivity index (χ0) is 11.6. The van der Waals surface area contributed by atoms with Gasteiger partial charge in [0.05, 0.1) is 12.7 Å². The molecule has 0 radical (unpaired) electrons. The van der Waals surface area contributed by atoms with Crippen LogP contribution in [0.3, 0.4) is 0 Å². The third-order valence-electron chi connectivity index (χ3n) is 1.72. The number of methoxy groups -OCH3 is 1. The molecule has 0 aromatic heterocycles. The van der Waals surface area contributed by atoms with Crippen LogP contribution in [0.1, 0.15) is 10.4 Å². The molecule has 0 aliphatic rings. The predicted octanol–water partition coefficient (Wildman–Crippen LogP) is 2.29. The minimum atomic E-state index is -5.12. The Hall–Kier alpha value is -0.975. The lowest BCUT2D eigenvalue weighted by atomic mass is 9.79. The molecular weight excluding hydrogens is 276 g/mol. The molecule has 7 heteroatoms. The van der Waals surface area contributed by atoms with E-state index in [1.807, 2.05) is 0 Å². The summed E-state index contributed by atoms with van der Waals surface area (Å²) >= 11 is 2.91. The van der Waals surface area contributed by atoms with E-state index in [0.29, 0.717) is 0 Å². The van der Waals surface area contributed by atoms with Gasteiger partial charge in [-0.05, 0) is 6.07 Å².